The number of ether oxygens (including phenoxy) is 3. The van der Waals surface area contributed by atoms with E-state index in [9.17, 15) is 14.4 Å². The molecule has 1 saturated heterocycles. The van der Waals surface area contributed by atoms with Gasteiger partial charge in [-0.2, -0.15) is 0 Å². The highest BCUT2D eigenvalue weighted by molar-refractivity contribution is 6.00. The van der Waals surface area contributed by atoms with Crippen LogP contribution in [0.3, 0.4) is 0 Å². The summed E-state index contributed by atoms with van der Waals surface area (Å²) in [7, 11) is 1.52. The van der Waals surface area contributed by atoms with Crippen molar-refractivity contribution in [3.63, 3.8) is 0 Å². The molecule has 1 aliphatic rings. The van der Waals surface area contributed by atoms with Gasteiger partial charge in [-0.1, -0.05) is 12.1 Å². The molecule has 3 aromatic rings. The van der Waals surface area contributed by atoms with Gasteiger partial charge in [-0.15, -0.1) is 0 Å². The molecule has 39 heavy (non-hydrogen) atoms. The molecule has 1 aliphatic heterocycles. The summed E-state index contributed by atoms with van der Waals surface area (Å²) in [5.41, 5.74) is 7.84. The summed E-state index contributed by atoms with van der Waals surface area (Å²) in [6.45, 7) is 1.12. The van der Waals surface area contributed by atoms with Gasteiger partial charge in [0, 0.05) is 30.3 Å². The molecule has 206 valence electrons. The van der Waals surface area contributed by atoms with Crippen LogP contribution in [0.4, 0.5) is 21.0 Å². The highest BCUT2D eigenvalue weighted by Crippen LogP contribution is 2.32. The van der Waals surface area contributed by atoms with E-state index in [2.05, 4.69) is 15.6 Å². The molecule has 0 aliphatic carbocycles. The molecular formula is C27H31N5O7. The Kier molecular flexibility index (Phi) is 9.48. The van der Waals surface area contributed by atoms with Gasteiger partial charge >= 0.3 is 12.1 Å². The quantitative estimate of drug-likeness (QED) is 0.348. The van der Waals surface area contributed by atoms with Gasteiger partial charge in [-0.3, -0.25) is 4.79 Å². The first-order chi connectivity index (χ1) is 19.0. The second-order valence-electron chi connectivity index (χ2n) is 8.80. The summed E-state index contributed by atoms with van der Waals surface area (Å²) in [6.07, 6.45) is 2.92. The topological polar surface area (TPSA) is 158 Å². The first kappa shape index (κ1) is 27.6. The van der Waals surface area contributed by atoms with Gasteiger partial charge < -0.3 is 35.0 Å². The van der Waals surface area contributed by atoms with Crippen LogP contribution in [0.2, 0.25) is 0 Å². The normalized spacial score (nSPS) is 14.5. The van der Waals surface area contributed by atoms with E-state index < -0.39 is 12.1 Å². The Hall–Kier alpha value is -4.42. The van der Waals surface area contributed by atoms with Crippen LogP contribution >= 0.6 is 0 Å². The van der Waals surface area contributed by atoms with Crippen molar-refractivity contribution in [2.75, 3.05) is 37.5 Å². The second-order valence-corrected chi connectivity index (χ2v) is 8.80. The number of nitrogens with zero attached hydrogens (tertiary/aromatic N) is 2. The van der Waals surface area contributed by atoms with Crippen LogP contribution in [-0.2, 0) is 20.8 Å². The third-order valence-corrected chi connectivity index (χ3v) is 5.95. The number of nitrogens with one attached hydrogen (secondary N) is 2. The summed E-state index contributed by atoms with van der Waals surface area (Å²) < 4.78 is 21.5. The van der Waals surface area contributed by atoms with Gasteiger partial charge in [-0.05, 0) is 42.8 Å². The van der Waals surface area contributed by atoms with Crippen molar-refractivity contribution >= 4 is 29.4 Å². The predicted octanol–water partition coefficient (Wildman–Crippen LogP) is 3.99. The van der Waals surface area contributed by atoms with Crippen LogP contribution in [0.5, 0.6) is 5.75 Å². The summed E-state index contributed by atoms with van der Waals surface area (Å²) in [6, 6.07) is 11.5. The van der Waals surface area contributed by atoms with E-state index in [0.717, 1.165) is 4.90 Å². The summed E-state index contributed by atoms with van der Waals surface area (Å²) in [5, 5.41) is 5.52. The number of amides is 4. The molecule has 12 heteroatoms. The van der Waals surface area contributed by atoms with Gasteiger partial charge in [0.2, 0.25) is 5.91 Å². The molecule has 4 amide bonds. The zero-order valence-electron chi connectivity index (χ0n) is 21.6. The Labute approximate surface area is 225 Å². The first-order valence-electron chi connectivity index (χ1n) is 12.5. The Bertz CT molecular complexity index is 1280. The first-order valence-corrected chi connectivity index (χ1v) is 12.5. The van der Waals surface area contributed by atoms with Crippen LogP contribution in [-0.4, -0.2) is 60.9 Å². The minimum absolute atomic E-state index is 0.0206. The molecule has 0 bridgehead atoms. The molecular weight excluding hydrogens is 506 g/mol. The predicted molar refractivity (Wildman–Crippen MR) is 142 cm³/mol. The largest absolute Gasteiger partial charge is 0.496 e. The summed E-state index contributed by atoms with van der Waals surface area (Å²) >= 11 is 0. The van der Waals surface area contributed by atoms with E-state index in [1.165, 1.54) is 13.5 Å². The molecule has 2 aromatic carbocycles. The lowest BCUT2D eigenvalue weighted by molar-refractivity contribution is -0.130. The molecule has 0 saturated carbocycles. The number of rotatable bonds is 10. The number of urea groups is 1. The van der Waals surface area contributed by atoms with Crippen molar-refractivity contribution in [2.45, 2.75) is 31.9 Å². The maximum atomic E-state index is 12.8. The van der Waals surface area contributed by atoms with Crippen LogP contribution in [0.15, 0.2) is 59.5 Å². The average molecular weight is 538 g/mol. The molecule has 1 fully saturated rings. The molecule has 4 rings (SSSR count). The van der Waals surface area contributed by atoms with Gasteiger partial charge in [0.25, 0.3) is 0 Å². The monoisotopic (exact) mass is 537 g/mol. The number of hydrogen-bond acceptors (Lipinski definition) is 9. The third kappa shape index (κ3) is 7.55. The van der Waals surface area contributed by atoms with Gasteiger partial charge in [0.1, 0.15) is 11.9 Å². The third-order valence-electron chi connectivity index (χ3n) is 5.95. The van der Waals surface area contributed by atoms with E-state index in [1.54, 1.807) is 48.7 Å². The summed E-state index contributed by atoms with van der Waals surface area (Å²) in [5.74, 6) is 0.654. The standard InChI is InChI=1S/C27H31N5O7/c1-36-23-13-20(7-8-22(23)24-14-29-17-38-24)31-26(34)30-19-5-2-4-18(12-19)15-32(25(33)6-3-10-28)27(35)39-21-9-11-37-16-21/h2,4-5,7-8,12-14,17,21H,3,6,9-11,15-16,28H2,1H3,(H2,30,31,34). The number of methoxy groups -OCH3 is 1. The molecule has 1 atom stereocenters. The molecule has 1 unspecified atom stereocenters. The smallest absolute Gasteiger partial charge is 0.417 e. The molecule has 1 aromatic heterocycles. The number of oxazole rings is 1. The lowest BCUT2D eigenvalue weighted by Crippen LogP contribution is -2.39. The fraction of sp³-hybridized carbons (Fsp3) is 0.333. The number of carbonyl (C=O) groups is 3. The maximum Gasteiger partial charge on any atom is 0.417 e. The Balaban J connectivity index is 1.41. The van der Waals surface area contributed by atoms with Crippen molar-refractivity contribution < 1.29 is 33.0 Å². The number of imide groups is 1. The highest BCUT2D eigenvalue weighted by atomic mass is 16.6. The lowest BCUT2D eigenvalue weighted by atomic mass is 10.1. The van der Waals surface area contributed by atoms with Crippen molar-refractivity contribution in [2.24, 2.45) is 5.73 Å². The SMILES string of the molecule is COc1cc(NC(=O)Nc2cccc(CN(C(=O)CCCN)C(=O)OC3CCOC3)c2)ccc1-c1cnco1. The molecule has 4 N–H and O–H groups in total. The van der Waals surface area contributed by atoms with Crippen molar-refractivity contribution in [3.05, 3.63) is 60.6 Å². The Morgan fingerprint density at radius 2 is 1.97 bits per heavy atom. The van der Waals surface area contributed by atoms with Crippen LogP contribution in [0.1, 0.15) is 24.8 Å². The minimum atomic E-state index is -0.730. The number of benzene rings is 2. The molecule has 0 radical (unpaired) electrons. The van der Waals surface area contributed by atoms with E-state index in [1.807, 2.05) is 0 Å². The zero-order chi connectivity index (χ0) is 27.6. The number of nitrogens with two attached hydrogens (primary N) is 1. The van der Waals surface area contributed by atoms with E-state index in [0.29, 0.717) is 66.6 Å². The maximum absolute atomic E-state index is 12.8. The van der Waals surface area contributed by atoms with Crippen LogP contribution in [0.25, 0.3) is 11.3 Å². The van der Waals surface area contributed by atoms with Gasteiger partial charge in [-0.25, -0.2) is 19.5 Å². The van der Waals surface area contributed by atoms with Gasteiger partial charge in [0.15, 0.2) is 12.2 Å². The van der Waals surface area contributed by atoms with Crippen LogP contribution in [0, 0.1) is 0 Å². The van der Waals surface area contributed by atoms with Crippen LogP contribution < -0.4 is 21.1 Å². The van der Waals surface area contributed by atoms with E-state index in [-0.39, 0.29) is 25.0 Å². The van der Waals surface area contributed by atoms with Gasteiger partial charge in [0.05, 0.1) is 38.6 Å². The zero-order valence-corrected chi connectivity index (χ0v) is 21.6. The second kappa shape index (κ2) is 13.4. The fourth-order valence-electron chi connectivity index (χ4n) is 4.00. The minimum Gasteiger partial charge on any atom is -0.496 e. The number of carbonyl (C=O) groups excluding carboxylic acids is 3. The number of hydrogen-bond donors (Lipinski definition) is 3. The molecule has 2 heterocycles. The Morgan fingerprint density at radius 3 is 2.67 bits per heavy atom. The highest BCUT2D eigenvalue weighted by Gasteiger charge is 2.27. The Morgan fingerprint density at radius 1 is 1.15 bits per heavy atom. The van der Waals surface area contributed by atoms with E-state index >= 15 is 0 Å². The number of anilines is 2. The number of aromatic nitrogens is 1. The molecule has 12 nitrogen and oxygen atoms in total. The molecule has 0 spiro atoms. The van der Waals surface area contributed by atoms with Crippen molar-refractivity contribution in [1.29, 1.82) is 0 Å². The lowest BCUT2D eigenvalue weighted by Gasteiger charge is -2.22. The average Bonchev–Trinajstić information content (AvgIpc) is 3.65. The van der Waals surface area contributed by atoms with E-state index in [4.69, 9.17) is 24.4 Å². The van der Waals surface area contributed by atoms with Crippen molar-refractivity contribution in [3.8, 4) is 17.1 Å². The summed E-state index contributed by atoms with van der Waals surface area (Å²) in [4.78, 5) is 43.3. The fourth-order valence-corrected chi connectivity index (χ4v) is 4.00. The van der Waals surface area contributed by atoms with Crippen molar-refractivity contribution in [1.82, 2.24) is 9.88 Å².